The van der Waals surface area contributed by atoms with Crippen LogP contribution in [0.15, 0.2) is 5.38 Å². The molecule has 2 saturated heterocycles. The van der Waals surface area contributed by atoms with E-state index in [1.807, 2.05) is 0 Å². The SMILES string of the molecule is Cl.O=C(NCCc1csc(N2CCCC2)n1)[C@@H]1CCCN1. The van der Waals surface area contributed by atoms with Crippen LogP contribution in [0.2, 0.25) is 0 Å². The number of nitrogens with zero attached hydrogens (tertiary/aromatic N) is 2. The molecule has 2 N–H and O–H groups in total. The van der Waals surface area contributed by atoms with Crippen molar-refractivity contribution in [2.45, 2.75) is 38.1 Å². The number of anilines is 1. The molecular formula is C14H23ClN4OS. The fourth-order valence-corrected chi connectivity index (χ4v) is 3.72. The van der Waals surface area contributed by atoms with Crippen LogP contribution in [0.25, 0.3) is 0 Å². The Hall–Kier alpha value is -0.850. The molecule has 2 aliphatic heterocycles. The number of aromatic nitrogens is 1. The summed E-state index contributed by atoms with van der Waals surface area (Å²) in [7, 11) is 0. The predicted octanol–water partition coefficient (Wildman–Crippen LogP) is 1.58. The lowest BCUT2D eigenvalue weighted by Gasteiger charge is -2.12. The molecule has 1 amide bonds. The average Bonchev–Trinajstić information content (AvgIpc) is 3.20. The van der Waals surface area contributed by atoms with Gasteiger partial charge in [0, 0.05) is 31.4 Å². The van der Waals surface area contributed by atoms with Crippen LogP contribution in [-0.2, 0) is 11.2 Å². The highest BCUT2D eigenvalue weighted by Gasteiger charge is 2.21. The van der Waals surface area contributed by atoms with Crippen LogP contribution in [0, 0.1) is 0 Å². The zero-order valence-corrected chi connectivity index (χ0v) is 13.8. The molecule has 1 aromatic rings. The Bertz CT molecular complexity index is 456. The van der Waals surface area contributed by atoms with Crippen LogP contribution in [0.5, 0.6) is 0 Å². The van der Waals surface area contributed by atoms with Gasteiger partial charge < -0.3 is 15.5 Å². The molecule has 2 fully saturated rings. The molecule has 0 unspecified atom stereocenters. The van der Waals surface area contributed by atoms with E-state index in [9.17, 15) is 4.79 Å². The summed E-state index contributed by atoms with van der Waals surface area (Å²) in [5.74, 6) is 0.137. The van der Waals surface area contributed by atoms with Crippen molar-refractivity contribution >= 4 is 34.8 Å². The fourth-order valence-electron chi connectivity index (χ4n) is 2.81. The highest BCUT2D eigenvalue weighted by atomic mass is 35.5. The summed E-state index contributed by atoms with van der Waals surface area (Å²) >= 11 is 1.72. The lowest BCUT2D eigenvalue weighted by Crippen LogP contribution is -2.41. The molecule has 0 aromatic carbocycles. The molecule has 3 heterocycles. The summed E-state index contributed by atoms with van der Waals surface area (Å²) in [6, 6.07) is 0.0191. The van der Waals surface area contributed by atoms with E-state index >= 15 is 0 Å². The van der Waals surface area contributed by atoms with Gasteiger partial charge in [0.1, 0.15) is 0 Å². The van der Waals surface area contributed by atoms with Gasteiger partial charge in [-0.25, -0.2) is 4.98 Å². The Morgan fingerprint density at radius 3 is 2.95 bits per heavy atom. The molecule has 0 bridgehead atoms. The van der Waals surface area contributed by atoms with Crippen molar-refractivity contribution in [1.29, 1.82) is 0 Å². The molecule has 7 heteroatoms. The summed E-state index contributed by atoms with van der Waals surface area (Å²) in [6.45, 7) is 3.91. The van der Waals surface area contributed by atoms with Gasteiger partial charge in [-0.1, -0.05) is 0 Å². The summed E-state index contributed by atoms with van der Waals surface area (Å²) in [4.78, 5) is 18.9. The number of carbonyl (C=O) groups excluding carboxylic acids is 1. The predicted molar refractivity (Wildman–Crippen MR) is 88.5 cm³/mol. The number of hydrogen-bond acceptors (Lipinski definition) is 5. The third-order valence-corrected chi connectivity index (χ3v) is 4.92. The van der Waals surface area contributed by atoms with E-state index in [2.05, 4.69) is 25.9 Å². The largest absolute Gasteiger partial charge is 0.354 e. The minimum atomic E-state index is 0. The second-order valence-electron chi connectivity index (χ2n) is 5.51. The van der Waals surface area contributed by atoms with Gasteiger partial charge in [-0.05, 0) is 32.2 Å². The highest BCUT2D eigenvalue weighted by Crippen LogP contribution is 2.24. The molecule has 1 atom stereocenters. The Kier molecular flexibility index (Phi) is 6.26. The summed E-state index contributed by atoms with van der Waals surface area (Å²) < 4.78 is 0. The number of hydrogen-bond donors (Lipinski definition) is 2. The van der Waals surface area contributed by atoms with Crippen molar-refractivity contribution < 1.29 is 4.79 Å². The number of thiazole rings is 1. The van der Waals surface area contributed by atoms with E-state index < -0.39 is 0 Å². The molecule has 1 aromatic heterocycles. The van der Waals surface area contributed by atoms with E-state index in [0.717, 1.165) is 49.7 Å². The van der Waals surface area contributed by atoms with Crippen molar-refractivity contribution in [2.24, 2.45) is 0 Å². The third kappa shape index (κ3) is 4.31. The molecule has 2 aliphatic rings. The molecular weight excluding hydrogens is 308 g/mol. The fraction of sp³-hybridized carbons (Fsp3) is 0.714. The summed E-state index contributed by atoms with van der Waals surface area (Å²) in [5, 5.41) is 9.47. The van der Waals surface area contributed by atoms with Crippen molar-refractivity contribution in [3.63, 3.8) is 0 Å². The standard InChI is InChI=1S/C14H22N4OS.ClH/c19-13(12-4-3-6-15-12)16-7-5-11-10-20-14(17-11)18-8-1-2-9-18;/h10,12,15H,1-9H2,(H,16,19);1H/t12-;/m0./s1. The quantitative estimate of drug-likeness (QED) is 0.860. The smallest absolute Gasteiger partial charge is 0.237 e. The van der Waals surface area contributed by atoms with Crippen LogP contribution < -0.4 is 15.5 Å². The van der Waals surface area contributed by atoms with E-state index in [1.54, 1.807) is 11.3 Å². The van der Waals surface area contributed by atoms with Crippen molar-refractivity contribution in [1.82, 2.24) is 15.6 Å². The number of carbonyl (C=O) groups is 1. The summed E-state index contributed by atoms with van der Waals surface area (Å²) in [5.41, 5.74) is 1.09. The van der Waals surface area contributed by atoms with Gasteiger partial charge >= 0.3 is 0 Å². The van der Waals surface area contributed by atoms with Gasteiger partial charge in [-0.15, -0.1) is 23.7 Å². The van der Waals surface area contributed by atoms with Gasteiger partial charge in [0.2, 0.25) is 5.91 Å². The van der Waals surface area contributed by atoms with Gasteiger partial charge in [-0.3, -0.25) is 4.79 Å². The molecule has 0 spiro atoms. The van der Waals surface area contributed by atoms with Gasteiger partial charge in [0.05, 0.1) is 11.7 Å². The van der Waals surface area contributed by atoms with E-state index in [0.29, 0.717) is 6.54 Å². The number of amides is 1. The first-order chi connectivity index (χ1) is 9.83. The molecule has 0 aliphatic carbocycles. The molecule has 118 valence electrons. The molecule has 0 saturated carbocycles. The minimum absolute atomic E-state index is 0. The highest BCUT2D eigenvalue weighted by molar-refractivity contribution is 7.13. The van der Waals surface area contributed by atoms with Crippen LogP contribution in [0.3, 0.4) is 0 Å². The number of halogens is 1. The van der Waals surface area contributed by atoms with Crippen molar-refractivity contribution in [3.8, 4) is 0 Å². The first-order valence-corrected chi connectivity index (χ1v) is 8.41. The lowest BCUT2D eigenvalue weighted by atomic mass is 10.2. The van der Waals surface area contributed by atoms with E-state index in [1.165, 1.54) is 12.8 Å². The Morgan fingerprint density at radius 1 is 1.43 bits per heavy atom. The summed E-state index contributed by atoms with van der Waals surface area (Å²) in [6.07, 6.45) is 5.44. The zero-order valence-electron chi connectivity index (χ0n) is 12.1. The lowest BCUT2D eigenvalue weighted by molar-refractivity contribution is -0.122. The zero-order chi connectivity index (χ0) is 13.8. The maximum absolute atomic E-state index is 11.9. The Morgan fingerprint density at radius 2 is 2.24 bits per heavy atom. The third-order valence-electron chi connectivity index (χ3n) is 3.97. The Balaban J connectivity index is 0.00000161. The van der Waals surface area contributed by atoms with Crippen molar-refractivity contribution in [2.75, 3.05) is 31.1 Å². The number of nitrogens with one attached hydrogen (secondary N) is 2. The molecule has 3 rings (SSSR count). The average molecular weight is 331 g/mol. The van der Waals surface area contributed by atoms with Crippen LogP contribution in [0.4, 0.5) is 5.13 Å². The maximum Gasteiger partial charge on any atom is 0.237 e. The molecule has 5 nitrogen and oxygen atoms in total. The topological polar surface area (TPSA) is 57.3 Å². The minimum Gasteiger partial charge on any atom is -0.354 e. The van der Waals surface area contributed by atoms with Crippen LogP contribution in [0.1, 0.15) is 31.4 Å². The monoisotopic (exact) mass is 330 g/mol. The van der Waals surface area contributed by atoms with Crippen LogP contribution >= 0.6 is 23.7 Å². The normalized spacial score (nSPS) is 21.3. The van der Waals surface area contributed by atoms with Crippen LogP contribution in [-0.4, -0.2) is 43.1 Å². The Labute approximate surface area is 135 Å². The second-order valence-corrected chi connectivity index (χ2v) is 6.34. The van der Waals surface area contributed by atoms with Gasteiger partial charge in [0.25, 0.3) is 0 Å². The van der Waals surface area contributed by atoms with Gasteiger partial charge in [0.15, 0.2) is 5.13 Å². The van der Waals surface area contributed by atoms with Gasteiger partial charge in [-0.2, -0.15) is 0 Å². The van der Waals surface area contributed by atoms with E-state index in [4.69, 9.17) is 0 Å². The first kappa shape index (κ1) is 16.5. The molecule has 21 heavy (non-hydrogen) atoms. The first-order valence-electron chi connectivity index (χ1n) is 7.53. The second kappa shape index (κ2) is 7.96. The maximum atomic E-state index is 11.9. The van der Waals surface area contributed by atoms with Crippen molar-refractivity contribution in [3.05, 3.63) is 11.1 Å². The molecule has 0 radical (unpaired) electrons. The number of rotatable bonds is 5. The van der Waals surface area contributed by atoms with E-state index in [-0.39, 0.29) is 24.4 Å².